The van der Waals surface area contributed by atoms with Gasteiger partial charge in [0.15, 0.2) is 0 Å². The van der Waals surface area contributed by atoms with Crippen LogP contribution in [0.5, 0.6) is 5.75 Å². The van der Waals surface area contributed by atoms with Crippen LogP contribution >= 0.6 is 11.9 Å². The Bertz CT molecular complexity index is 1290. The van der Waals surface area contributed by atoms with E-state index in [-0.39, 0.29) is 52.8 Å². The summed E-state index contributed by atoms with van der Waals surface area (Å²) >= 11 is 1.40. The highest BCUT2D eigenvalue weighted by molar-refractivity contribution is 7.98. The van der Waals surface area contributed by atoms with Gasteiger partial charge in [-0.1, -0.05) is 44.5 Å². The van der Waals surface area contributed by atoms with E-state index in [9.17, 15) is 9.59 Å². The van der Waals surface area contributed by atoms with Gasteiger partial charge in [0.1, 0.15) is 17.7 Å². The molecule has 2 aromatic rings. The standard InChI is InChI=1S/C33H42FN3O3S/c1-21(2)41-36-29(38)17-23-9-4-12-28(31(23)26-10-5-11-27(34)30(26)22-7-3-8-22)40-25-13-16-37(20-25)32(39)24-18-33(35-19-24)14-6-15-33/h4-5,9-12,21-22,24-25,35H,3,6-8,13-20H2,1-2H3,(H,36,38). The van der Waals surface area contributed by atoms with Gasteiger partial charge in [0, 0.05) is 35.9 Å². The minimum absolute atomic E-state index is 0.0486. The van der Waals surface area contributed by atoms with Crippen LogP contribution in [-0.4, -0.2) is 53.2 Å². The lowest BCUT2D eigenvalue weighted by Gasteiger charge is -2.38. The normalized spacial score (nSPS) is 23.5. The Balaban J connectivity index is 1.25. The fraction of sp³-hybridized carbons (Fsp3) is 0.576. The third-order valence-corrected chi connectivity index (χ3v) is 10.3. The summed E-state index contributed by atoms with van der Waals surface area (Å²) in [5.41, 5.74) is 3.38. The van der Waals surface area contributed by atoms with E-state index in [1.807, 2.05) is 43.0 Å². The maximum atomic E-state index is 15.3. The second-order valence-corrected chi connectivity index (χ2v) is 14.1. The number of likely N-dealkylation sites (tertiary alicyclic amines) is 1. The van der Waals surface area contributed by atoms with Crippen LogP contribution in [0.1, 0.15) is 82.3 Å². The molecular formula is C33H42FN3O3S. The molecule has 2 aliphatic carbocycles. The van der Waals surface area contributed by atoms with Gasteiger partial charge in [-0.2, -0.15) is 0 Å². The number of nitrogens with zero attached hydrogens (tertiary/aromatic N) is 1. The van der Waals surface area contributed by atoms with Gasteiger partial charge in [-0.25, -0.2) is 4.39 Å². The lowest BCUT2D eigenvalue weighted by atomic mass is 9.74. The Hall–Kier alpha value is -2.58. The fourth-order valence-corrected chi connectivity index (χ4v) is 7.40. The van der Waals surface area contributed by atoms with Gasteiger partial charge >= 0.3 is 0 Å². The summed E-state index contributed by atoms with van der Waals surface area (Å²) in [5, 5.41) is 3.89. The van der Waals surface area contributed by atoms with Crippen molar-refractivity contribution >= 4 is 23.8 Å². The van der Waals surface area contributed by atoms with Crippen LogP contribution in [0.4, 0.5) is 4.39 Å². The molecule has 2 heterocycles. The second-order valence-electron chi connectivity index (χ2n) is 12.7. The van der Waals surface area contributed by atoms with Crippen molar-refractivity contribution in [2.75, 3.05) is 19.6 Å². The number of amides is 2. The predicted octanol–water partition coefficient (Wildman–Crippen LogP) is 5.99. The number of hydrogen-bond acceptors (Lipinski definition) is 5. The lowest BCUT2D eigenvalue weighted by molar-refractivity contribution is -0.134. The molecule has 0 bridgehead atoms. The average molecular weight is 580 g/mol. The molecular weight excluding hydrogens is 537 g/mol. The molecule has 2 amide bonds. The van der Waals surface area contributed by atoms with Crippen molar-refractivity contribution in [3.05, 3.63) is 53.3 Å². The molecule has 2 atom stereocenters. The molecule has 220 valence electrons. The number of rotatable bonds is 9. The van der Waals surface area contributed by atoms with Crippen molar-refractivity contribution in [2.24, 2.45) is 5.92 Å². The summed E-state index contributed by atoms with van der Waals surface area (Å²) < 4.78 is 24.9. The van der Waals surface area contributed by atoms with Crippen molar-refractivity contribution in [1.82, 2.24) is 14.9 Å². The minimum Gasteiger partial charge on any atom is -0.488 e. The van der Waals surface area contributed by atoms with Gasteiger partial charge in [0.25, 0.3) is 0 Å². The largest absolute Gasteiger partial charge is 0.488 e. The molecule has 41 heavy (non-hydrogen) atoms. The highest BCUT2D eigenvalue weighted by Crippen LogP contribution is 2.46. The second kappa shape index (κ2) is 12.0. The van der Waals surface area contributed by atoms with E-state index in [2.05, 4.69) is 10.0 Å². The van der Waals surface area contributed by atoms with Crippen LogP contribution in [0.15, 0.2) is 36.4 Å². The van der Waals surface area contributed by atoms with Crippen LogP contribution in [0.2, 0.25) is 0 Å². The molecule has 0 aromatic heterocycles. The zero-order valence-electron chi connectivity index (χ0n) is 24.2. The van der Waals surface area contributed by atoms with Crippen molar-refractivity contribution in [3.8, 4) is 16.9 Å². The Morgan fingerprint density at radius 1 is 1.15 bits per heavy atom. The molecule has 4 aliphatic rings. The maximum Gasteiger partial charge on any atom is 0.234 e. The van der Waals surface area contributed by atoms with Gasteiger partial charge in [0.05, 0.1) is 18.9 Å². The molecule has 2 saturated heterocycles. The SMILES string of the molecule is CC(C)SNC(=O)Cc1cccc(OC2CCN(C(=O)C3CNC4(CCC4)C3)C2)c1-c1cccc(F)c1C1CCC1. The highest BCUT2D eigenvalue weighted by Gasteiger charge is 2.47. The van der Waals surface area contributed by atoms with Gasteiger partial charge in [-0.3, -0.25) is 14.3 Å². The predicted molar refractivity (Wildman–Crippen MR) is 161 cm³/mol. The van der Waals surface area contributed by atoms with Crippen molar-refractivity contribution in [1.29, 1.82) is 0 Å². The number of nitrogens with one attached hydrogen (secondary N) is 2. The minimum atomic E-state index is -0.195. The molecule has 4 fully saturated rings. The topological polar surface area (TPSA) is 70.7 Å². The van der Waals surface area contributed by atoms with Gasteiger partial charge in [-0.05, 0) is 85.2 Å². The van der Waals surface area contributed by atoms with Crippen LogP contribution in [-0.2, 0) is 16.0 Å². The van der Waals surface area contributed by atoms with E-state index in [1.165, 1.54) is 31.2 Å². The van der Waals surface area contributed by atoms with Crippen LogP contribution in [0.25, 0.3) is 11.1 Å². The summed E-state index contributed by atoms with van der Waals surface area (Å²) in [6.45, 7) is 6.08. The molecule has 2 saturated carbocycles. The van der Waals surface area contributed by atoms with Gasteiger partial charge in [-0.15, -0.1) is 0 Å². The van der Waals surface area contributed by atoms with E-state index in [1.54, 1.807) is 12.1 Å². The van der Waals surface area contributed by atoms with Gasteiger partial charge in [0.2, 0.25) is 11.8 Å². The Labute approximate surface area is 247 Å². The Morgan fingerprint density at radius 3 is 2.63 bits per heavy atom. The smallest absolute Gasteiger partial charge is 0.234 e. The van der Waals surface area contributed by atoms with Crippen LogP contribution in [0.3, 0.4) is 0 Å². The Kier molecular flexibility index (Phi) is 8.32. The molecule has 2 unspecified atom stereocenters. The first-order valence-corrected chi connectivity index (χ1v) is 16.3. The maximum absolute atomic E-state index is 15.3. The number of halogens is 1. The summed E-state index contributed by atoms with van der Waals surface area (Å²) in [6.07, 6.45) is 8.37. The molecule has 8 heteroatoms. The molecule has 1 spiro atoms. The summed E-state index contributed by atoms with van der Waals surface area (Å²) in [4.78, 5) is 28.3. The average Bonchev–Trinajstić information content (AvgIpc) is 3.56. The van der Waals surface area contributed by atoms with Crippen molar-refractivity contribution in [3.63, 3.8) is 0 Å². The summed E-state index contributed by atoms with van der Waals surface area (Å²) in [7, 11) is 0. The van der Waals surface area contributed by atoms with E-state index < -0.39 is 0 Å². The number of hydrogen-bond donors (Lipinski definition) is 2. The number of carbonyl (C=O) groups is 2. The monoisotopic (exact) mass is 579 g/mol. The first kappa shape index (κ1) is 28.5. The van der Waals surface area contributed by atoms with E-state index in [0.717, 1.165) is 60.9 Å². The summed E-state index contributed by atoms with van der Waals surface area (Å²) in [6, 6.07) is 11.1. The lowest BCUT2D eigenvalue weighted by Crippen LogP contribution is -2.45. The van der Waals surface area contributed by atoms with Crippen LogP contribution < -0.4 is 14.8 Å². The summed E-state index contributed by atoms with van der Waals surface area (Å²) in [5.74, 6) is 0.838. The zero-order chi connectivity index (χ0) is 28.6. The zero-order valence-corrected chi connectivity index (χ0v) is 25.0. The number of carbonyl (C=O) groups excluding carboxylic acids is 2. The van der Waals surface area contributed by atoms with Crippen LogP contribution in [0, 0.1) is 11.7 Å². The number of benzene rings is 2. The fourth-order valence-electron chi connectivity index (χ4n) is 6.96. The molecule has 6 nitrogen and oxygen atoms in total. The third kappa shape index (κ3) is 6.00. The molecule has 2 aliphatic heterocycles. The molecule has 0 radical (unpaired) electrons. The first-order valence-electron chi connectivity index (χ1n) is 15.4. The Morgan fingerprint density at radius 2 is 1.95 bits per heavy atom. The van der Waals surface area contributed by atoms with Crippen molar-refractivity contribution < 1.29 is 18.7 Å². The van der Waals surface area contributed by atoms with E-state index in [0.29, 0.717) is 18.8 Å². The van der Waals surface area contributed by atoms with Gasteiger partial charge < -0.3 is 15.0 Å². The van der Waals surface area contributed by atoms with E-state index in [4.69, 9.17) is 4.74 Å². The van der Waals surface area contributed by atoms with E-state index >= 15 is 4.39 Å². The molecule has 6 rings (SSSR count). The van der Waals surface area contributed by atoms with Crippen molar-refractivity contribution in [2.45, 2.75) is 94.4 Å². The first-order chi connectivity index (χ1) is 19.8. The quantitative estimate of drug-likeness (QED) is 0.358. The third-order valence-electron chi connectivity index (χ3n) is 9.48. The molecule has 2 aromatic carbocycles. The number of ether oxygens (including phenoxy) is 1. The highest BCUT2D eigenvalue weighted by atomic mass is 32.2. The molecule has 2 N–H and O–H groups in total.